The minimum absolute atomic E-state index is 0.195. The molecule has 0 aliphatic carbocycles. The third-order valence-corrected chi connectivity index (χ3v) is 4.23. The summed E-state index contributed by atoms with van der Waals surface area (Å²) in [7, 11) is 5.99. The maximum atomic E-state index is 12.7. The van der Waals surface area contributed by atoms with E-state index in [0.717, 1.165) is 38.8 Å². The van der Waals surface area contributed by atoms with Gasteiger partial charge in [-0.25, -0.2) is 0 Å². The molecule has 6 nitrogen and oxygen atoms in total. The maximum absolute atomic E-state index is 12.7. The Morgan fingerprint density at radius 1 is 1.10 bits per heavy atom. The predicted octanol–water partition coefficient (Wildman–Crippen LogP) is 4.23. The molecule has 182 valence electrons. The van der Waals surface area contributed by atoms with Crippen LogP contribution < -0.4 is 5.32 Å². The van der Waals surface area contributed by atoms with Crippen molar-refractivity contribution in [2.75, 3.05) is 47.4 Å². The van der Waals surface area contributed by atoms with Crippen molar-refractivity contribution in [1.82, 2.24) is 15.1 Å². The van der Waals surface area contributed by atoms with Crippen LogP contribution in [0.1, 0.15) is 81.6 Å². The number of carbonyl (C=O) groups excluding carboxylic acids is 2. The monoisotopic (exact) mass is 431 g/mol. The van der Waals surface area contributed by atoms with Gasteiger partial charge in [-0.1, -0.05) is 48.5 Å². The first-order valence-electron chi connectivity index (χ1n) is 11.5. The second-order valence-corrected chi connectivity index (χ2v) is 9.24. The first-order valence-corrected chi connectivity index (χ1v) is 11.5. The van der Waals surface area contributed by atoms with Gasteiger partial charge in [-0.3, -0.25) is 4.79 Å². The predicted molar refractivity (Wildman–Crippen MR) is 130 cm³/mol. The summed E-state index contributed by atoms with van der Waals surface area (Å²) in [5.74, 6) is 0.195. The molecule has 6 heteroatoms. The summed E-state index contributed by atoms with van der Waals surface area (Å²) in [6.45, 7) is 21.5. The number of nitrogens with one attached hydrogen (secondary N) is 1. The van der Waals surface area contributed by atoms with Gasteiger partial charge in [0.1, 0.15) is 6.29 Å². The van der Waals surface area contributed by atoms with E-state index < -0.39 is 5.41 Å². The molecule has 0 saturated carbocycles. The average molecular weight is 432 g/mol. The number of hydrogen-bond acceptors (Lipinski definition) is 5. The smallest absolute Gasteiger partial charge is 0.228 e. The minimum atomic E-state index is -0.394. The lowest BCUT2D eigenvalue weighted by molar-refractivity contribution is -0.141. The first kappa shape index (κ1) is 33.7. The highest BCUT2D eigenvalue weighted by molar-refractivity contribution is 5.81. The second-order valence-electron chi connectivity index (χ2n) is 9.24. The van der Waals surface area contributed by atoms with Crippen molar-refractivity contribution in [2.24, 2.45) is 5.41 Å². The van der Waals surface area contributed by atoms with E-state index >= 15 is 0 Å². The van der Waals surface area contributed by atoms with Crippen molar-refractivity contribution in [3.05, 3.63) is 0 Å². The number of amides is 1. The Kier molecular flexibility index (Phi) is 21.0. The lowest BCUT2D eigenvalue weighted by atomic mass is 9.88. The van der Waals surface area contributed by atoms with Crippen LogP contribution in [0.3, 0.4) is 0 Å². The van der Waals surface area contributed by atoms with E-state index in [2.05, 4.69) is 37.9 Å². The van der Waals surface area contributed by atoms with Gasteiger partial charge in [0, 0.05) is 44.6 Å². The zero-order chi connectivity index (χ0) is 24.4. The molecule has 0 aliphatic heterocycles. The van der Waals surface area contributed by atoms with Crippen molar-refractivity contribution >= 4 is 12.2 Å². The Labute approximate surface area is 188 Å². The first-order chi connectivity index (χ1) is 13.8. The summed E-state index contributed by atoms with van der Waals surface area (Å²) >= 11 is 0. The second kappa shape index (κ2) is 18.8. The van der Waals surface area contributed by atoms with Crippen LogP contribution in [-0.2, 0) is 14.3 Å². The van der Waals surface area contributed by atoms with Crippen LogP contribution in [0.2, 0.25) is 0 Å². The van der Waals surface area contributed by atoms with Crippen LogP contribution in [0.25, 0.3) is 0 Å². The number of hydrogen-bond donors (Lipinski definition) is 1. The normalized spacial score (nSPS) is 11.4. The van der Waals surface area contributed by atoms with E-state index in [-0.39, 0.29) is 11.5 Å². The fourth-order valence-electron chi connectivity index (χ4n) is 2.82. The molecule has 0 fully saturated rings. The van der Waals surface area contributed by atoms with Crippen molar-refractivity contribution < 1.29 is 14.3 Å². The molecule has 0 saturated heterocycles. The molecule has 0 aliphatic rings. The van der Waals surface area contributed by atoms with Crippen molar-refractivity contribution in [3.63, 3.8) is 0 Å². The molecule has 0 rings (SSSR count). The van der Waals surface area contributed by atoms with Gasteiger partial charge in [0.2, 0.25) is 5.91 Å². The molecule has 0 aromatic heterocycles. The number of likely N-dealkylation sites (N-methyl/N-ethyl adjacent to an activating group) is 1. The van der Waals surface area contributed by atoms with Crippen molar-refractivity contribution in [3.8, 4) is 0 Å². The Hall–Kier alpha value is -0.980. The van der Waals surface area contributed by atoms with Crippen LogP contribution in [0.5, 0.6) is 0 Å². The van der Waals surface area contributed by atoms with E-state index in [1.54, 1.807) is 0 Å². The average Bonchev–Trinajstić information content (AvgIpc) is 2.64. The number of ether oxygens (including phenoxy) is 1. The molecular formula is C24H53N3O3. The van der Waals surface area contributed by atoms with Gasteiger partial charge in [-0.2, -0.15) is 0 Å². The molecule has 30 heavy (non-hydrogen) atoms. The molecule has 0 aromatic carbocycles. The molecule has 1 amide bonds. The highest BCUT2D eigenvalue weighted by Gasteiger charge is 2.31. The highest BCUT2D eigenvalue weighted by Crippen LogP contribution is 2.24. The molecular weight excluding hydrogens is 378 g/mol. The Balaban J connectivity index is -0.00000108. The standard InChI is InChI=1S/C19H41N3O2.C3H6O.C2H6/c1-16(2)20-12-10-13-22(9)17(23)18(3,4)11-14-24-19(5,6)15-21(7)8;1-2-3-4;1-2/h16,20H,10-15H2,1-9H3;3H,2H2,1H3;1-2H3. The van der Waals surface area contributed by atoms with Crippen LogP contribution in [0.15, 0.2) is 0 Å². The summed E-state index contributed by atoms with van der Waals surface area (Å²) < 4.78 is 6.01. The van der Waals surface area contributed by atoms with Crippen LogP contribution in [0, 0.1) is 5.41 Å². The van der Waals surface area contributed by atoms with Gasteiger partial charge < -0.3 is 24.6 Å². The Bertz CT molecular complexity index is 422. The number of rotatable bonds is 13. The number of nitrogens with zero attached hydrogens (tertiary/aromatic N) is 2. The molecule has 0 bridgehead atoms. The van der Waals surface area contributed by atoms with Crippen molar-refractivity contribution in [2.45, 2.75) is 93.2 Å². The number of carbonyl (C=O) groups is 2. The lowest BCUT2D eigenvalue weighted by Gasteiger charge is -2.32. The zero-order valence-electron chi connectivity index (χ0n) is 22.2. The van der Waals surface area contributed by atoms with Gasteiger partial charge in [-0.05, 0) is 47.3 Å². The van der Waals surface area contributed by atoms with E-state index in [0.29, 0.717) is 19.1 Å². The van der Waals surface area contributed by atoms with E-state index in [4.69, 9.17) is 4.74 Å². The quantitative estimate of drug-likeness (QED) is 0.349. The van der Waals surface area contributed by atoms with Crippen LogP contribution in [-0.4, -0.2) is 81.0 Å². The highest BCUT2D eigenvalue weighted by atomic mass is 16.5. The van der Waals surface area contributed by atoms with E-state index in [1.165, 1.54) is 0 Å². The largest absolute Gasteiger partial charge is 0.374 e. The lowest BCUT2D eigenvalue weighted by Crippen LogP contribution is -2.42. The Morgan fingerprint density at radius 2 is 1.60 bits per heavy atom. The fraction of sp³-hybridized carbons (Fsp3) is 0.917. The molecule has 0 spiro atoms. The summed E-state index contributed by atoms with van der Waals surface area (Å²) in [4.78, 5) is 25.8. The summed E-state index contributed by atoms with van der Waals surface area (Å²) in [5.41, 5.74) is -0.592. The maximum Gasteiger partial charge on any atom is 0.228 e. The molecule has 0 unspecified atom stereocenters. The summed E-state index contributed by atoms with van der Waals surface area (Å²) in [5, 5.41) is 3.38. The third kappa shape index (κ3) is 20.3. The molecule has 0 radical (unpaired) electrons. The molecule has 0 heterocycles. The van der Waals surface area contributed by atoms with Gasteiger partial charge in [0.05, 0.1) is 5.60 Å². The molecule has 0 atom stereocenters. The topological polar surface area (TPSA) is 61.9 Å². The van der Waals surface area contributed by atoms with Crippen molar-refractivity contribution in [1.29, 1.82) is 0 Å². The van der Waals surface area contributed by atoms with E-state index in [9.17, 15) is 9.59 Å². The molecule has 1 N–H and O–H groups in total. The Morgan fingerprint density at radius 3 is 2.00 bits per heavy atom. The minimum Gasteiger partial charge on any atom is -0.374 e. The van der Waals surface area contributed by atoms with Gasteiger partial charge in [0.15, 0.2) is 0 Å². The van der Waals surface area contributed by atoms with Gasteiger partial charge >= 0.3 is 0 Å². The third-order valence-electron chi connectivity index (χ3n) is 4.23. The SMILES string of the molecule is CC.CC(C)NCCCN(C)C(=O)C(C)(C)CCOC(C)(C)CN(C)C.CCC=O. The molecule has 0 aromatic rings. The van der Waals surface area contributed by atoms with Gasteiger partial charge in [0.25, 0.3) is 0 Å². The zero-order valence-corrected chi connectivity index (χ0v) is 22.2. The van der Waals surface area contributed by atoms with Crippen LogP contribution >= 0.6 is 0 Å². The summed E-state index contributed by atoms with van der Waals surface area (Å²) in [6, 6.07) is 0.491. The van der Waals surface area contributed by atoms with Crippen LogP contribution in [0.4, 0.5) is 0 Å². The summed E-state index contributed by atoms with van der Waals surface area (Å²) in [6.07, 6.45) is 3.22. The number of aldehydes is 1. The fourth-order valence-corrected chi connectivity index (χ4v) is 2.82. The van der Waals surface area contributed by atoms with Gasteiger partial charge in [-0.15, -0.1) is 0 Å². The van der Waals surface area contributed by atoms with E-state index in [1.807, 2.05) is 60.7 Å².